The average molecular weight is 496 g/mol. The molecule has 1 aromatic carbocycles. The van der Waals surface area contributed by atoms with E-state index in [1.807, 2.05) is 7.05 Å². The van der Waals surface area contributed by atoms with Gasteiger partial charge in [-0.1, -0.05) is 49.6 Å². The molecule has 0 radical (unpaired) electrons. The standard InChI is InChI=1S/C23H36N4.HI/c1-24-23(25-17-19-16-22(19)18-8-4-2-5-9-18)26-20-12-14-27(15-13-20)21-10-6-3-7-11-21;/h2,4-5,8-9,19-22H,3,6-7,10-17H2,1H3,(H2,24,25,26);1H. The first-order chi connectivity index (χ1) is 13.3. The van der Waals surface area contributed by atoms with Gasteiger partial charge in [0.1, 0.15) is 0 Å². The Morgan fingerprint density at radius 1 is 1.04 bits per heavy atom. The molecule has 2 N–H and O–H groups in total. The van der Waals surface area contributed by atoms with Gasteiger partial charge in [0.25, 0.3) is 0 Å². The second-order valence-electron chi connectivity index (χ2n) is 8.71. The SMILES string of the molecule is CN=C(NCC1CC1c1ccccc1)NC1CCN(C2CCCCC2)CC1.I. The Hall–Kier alpha value is -0.820. The maximum Gasteiger partial charge on any atom is 0.191 e. The van der Waals surface area contributed by atoms with E-state index in [0.717, 1.165) is 30.4 Å². The van der Waals surface area contributed by atoms with Gasteiger partial charge in [0.2, 0.25) is 0 Å². The summed E-state index contributed by atoms with van der Waals surface area (Å²) in [4.78, 5) is 7.22. The molecule has 3 aliphatic rings. The third-order valence-electron chi connectivity index (χ3n) is 6.87. The van der Waals surface area contributed by atoms with E-state index in [4.69, 9.17) is 0 Å². The lowest BCUT2D eigenvalue weighted by molar-refractivity contribution is 0.119. The highest BCUT2D eigenvalue weighted by Gasteiger charge is 2.38. The number of nitrogens with one attached hydrogen (secondary N) is 2. The molecule has 156 valence electrons. The van der Waals surface area contributed by atoms with E-state index in [2.05, 4.69) is 50.9 Å². The number of likely N-dealkylation sites (tertiary alicyclic amines) is 1. The van der Waals surface area contributed by atoms with Crippen LogP contribution in [0.4, 0.5) is 0 Å². The van der Waals surface area contributed by atoms with Crippen LogP contribution in [0.15, 0.2) is 35.3 Å². The van der Waals surface area contributed by atoms with Crippen molar-refractivity contribution in [2.75, 3.05) is 26.7 Å². The van der Waals surface area contributed by atoms with E-state index in [1.54, 1.807) is 0 Å². The van der Waals surface area contributed by atoms with Crippen LogP contribution in [-0.2, 0) is 0 Å². The molecule has 4 nitrogen and oxygen atoms in total. The molecule has 0 aromatic heterocycles. The van der Waals surface area contributed by atoms with E-state index in [9.17, 15) is 0 Å². The van der Waals surface area contributed by atoms with Gasteiger partial charge in [0.05, 0.1) is 0 Å². The Balaban J connectivity index is 0.00000225. The van der Waals surface area contributed by atoms with Crippen molar-refractivity contribution in [3.8, 4) is 0 Å². The van der Waals surface area contributed by atoms with Crippen molar-refractivity contribution in [1.29, 1.82) is 0 Å². The molecule has 4 rings (SSSR count). The van der Waals surface area contributed by atoms with Crippen molar-refractivity contribution >= 4 is 29.9 Å². The average Bonchev–Trinajstić information content (AvgIpc) is 3.52. The lowest BCUT2D eigenvalue weighted by atomic mass is 9.92. The highest BCUT2D eigenvalue weighted by Crippen LogP contribution is 2.46. The minimum atomic E-state index is 0. The number of nitrogens with zero attached hydrogens (tertiary/aromatic N) is 2. The normalized spacial score (nSPS) is 27.1. The van der Waals surface area contributed by atoms with Gasteiger partial charge in [-0.3, -0.25) is 4.99 Å². The predicted octanol–water partition coefficient (Wildman–Crippen LogP) is 4.37. The summed E-state index contributed by atoms with van der Waals surface area (Å²) in [6.07, 6.45) is 10.9. The zero-order valence-electron chi connectivity index (χ0n) is 17.3. The van der Waals surface area contributed by atoms with Crippen LogP contribution in [0, 0.1) is 5.92 Å². The molecule has 0 spiro atoms. The fourth-order valence-corrected chi connectivity index (χ4v) is 5.05. The summed E-state index contributed by atoms with van der Waals surface area (Å²) < 4.78 is 0. The van der Waals surface area contributed by atoms with Crippen molar-refractivity contribution in [1.82, 2.24) is 15.5 Å². The minimum Gasteiger partial charge on any atom is -0.356 e. The summed E-state index contributed by atoms with van der Waals surface area (Å²) in [5.74, 6) is 2.47. The highest BCUT2D eigenvalue weighted by molar-refractivity contribution is 14.0. The van der Waals surface area contributed by atoms with Crippen molar-refractivity contribution in [3.63, 3.8) is 0 Å². The molecule has 0 bridgehead atoms. The Morgan fingerprint density at radius 3 is 2.43 bits per heavy atom. The Kier molecular flexibility index (Phi) is 8.45. The van der Waals surface area contributed by atoms with Crippen LogP contribution in [0.3, 0.4) is 0 Å². The summed E-state index contributed by atoms with van der Waals surface area (Å²) in [6, 6.07) is 12.4. The Labute approximate surface area is 188 Å². The van der Waals surface area contributed by atoms with Gasteiger partial charge in [-0.2, -0.15) is 0 Å². The molecule has 2 aliphatic carbocycles. The molecule has 1 aliphatic heterocycles. The smallest absolute Gasteiger partial charge is 0.191 e. The van der Waals surface area contributed by atoms with Gasteiger partial charge >= 0.3 is 0 Å². The zero-order chi connectivity index (χ0) is 18.5. The van der Waals surface area contributed by atoms with E-state index in [1.165, 1.54) is 70.0 Å². The van der Waals surface area contributed by atoms with Crippen molar-refractivity contribution < 1.29 is 0 Å². The zero-order valence-corrected chi connectivity index (χ0v) is 19.6. The summed E-state index contributed by atoms with van der Waals surface area (Å²) in [5, 5.41) is 7.26. The first kappa shape index (κ1) is 21.9. The lowest BCUT2D eigenvalue weighted by Crippen LogP contribution is -2.51. The number of halogens is 1. The van der Waals surface area contributed by atoms with Gasteiger partial charge < -0.3 is 15.5 Å². The molecule has 0 amide bonds. The number of aliphatic imine (C=N–C) groups is 1. The fraction of sp³-hybridized carbons (Fsp3) is 0.696. The molecule has 28 heavy (non-hydrogen) atoms. The van der Waals surface area contributed by atoms with Crippen molar-refractivity contribution in [2.24, 2.45) is 10.9 Å². The van der Waals surface area contributed by atoms with Gasteiger partial charge in [-0.15, -0.1) is 24.0 Å². The van der Waals surface area contributed by atoms with Crippen LogP contribution in [-0.4, -0.2) is 49.6 Å². The molecular formula is C23H37IN4. The second kappa shape index (κ2) is 10.8. The highest BCUT2D eigenvalue weighted by atomic mass is 127. The molecule has 1 heterocycles. The number of hydrogen-bond acceptors (Lipinski definition) is 2. The van der Waals surface area contributed by atoms with Crippen LogP contribution >= 0.6 is 24.0 Å². The van der Waals surface area contributed by atoms with Gasteiger partial charge in [-0.25, -0.2) is 0 Å². The third-order valence-corrected chi connectivity index (χ3v) is 6.87. The topological polar surface area (TPSA) is 39.7 Å². The van der Waals surface area contributed by atoms with Crippen LogP contribution in [0.2, 0.25) is 0 Å². The Bertz CT molecular complexity index is 606. The third kappa shape index (κ3) is 5.85. The maximum absolute atomic E-state index is 4.47. The van der Waals surface area contributed by atoms with E-state index in [0.29, 0.717) is 6.04 Å². The number of hydrogen-bond donors (Lipinski definition) is 2. The van der Waals surface area contributed by atoms with Crippen LogP contribution < -0.4 is 10.6 Å². The molecule has 2 atom stereocenters. The fourth-order valence-electron chi connectivity index (χ4n) is 5.05. The van der Waals surface area contributed by atoms with E-state index in [-0.39, 0.29) is 24.0 Å². The van der Waals surface area contributed by atoms with Gasteiger partial charge in [-0.05, 0) is 49.5 Å². The summed E-state index contributed by atoms with van der Waals surface area (Å²) >= 11 is 0. The molecule has 2 unspecified atom stereocenters. The molecule has 5 heteroatoms. The van der Waals surface area contributed by atoms with Crippen molar-refractivity contribution in [2.45, 2.75) is 69.4 Å². The van der Waals surface area contributed by atoms with Crippen molar-refractivity contribution in [3.05, 3.63) is 35.9 Å². The molecule has 1 saturated heterocycles. The lowest BCUT2D eigenvalue weighted by Gasteiger charge is -2.39. The molecule has 3 fully saturated rings. The first-order valence-corrected chi connectivity index (χ1v) is 11.1. The largest absolute Gasteiger partial charge is 0.356 e. The molecule has 1 aromatic rings. The quantitative estimate of drug-likeness (QED) is 0.362. The van der Waals surface area contributed by atoms with E-state index < -0.39 is 0 Å². The number of benzene rings is 1. The maximum atomic E-state index is 4.47. The monoisotopic (exact) mass is 496 g/mol. The first-order valence-electron chi connectivity index (χ1n) is 11.1. The second-order valence-corrected chi connectivity index (χ2v) is 8.71. The number of guanidine groups is 1. The van der Waals surface area contributed by atoms with Crippen LogP contribution in [0.5, 0.6) is 0 Å². The minimum absolute atomic E-state index is 0. The van der Waals surface area contributed by atoms with Gasteiger partial charge in [0, 0.05) is 38.8 Å². The summed E-state index contributed by atoms with van der Waals surface area (Å²) in [7, 11) is 1.90. The van der Waals surface area contributed by atoms with E-state index >= 15 is 0 Å². The van der Waals surface area contributed by atoms with Crippen LogP contribution in [0.1, 0.15) is 62.8 Å². The van der Waals surface area contributed by atoms with Gasteiger partial charge in [0.15, 0.2) is 5.96 Å². The number of rotatable bonds is 5. The predicted molar refractivity (Wildman–Crippen MR) is 129 cm³/mol. The van der Waals surface area contributed by atoms with Crippen LogP contribution in [0.25, 0.3) is 0 Å². The summed E-state index contributed by atoms with van der Waals surface area (Å²) in [6.45, 7) is 3.52. The Morgan fingerprint density at radius 2 is 1.75 bits per heavy atom. The molecule has 2 saturated carbocycles. The summed E-state index contributed by atoms with van der Waals surface area (Å²) in [5.41, 5.74) is 1.49. The molecular weight excluding hydrogens is 459 g/mol. The number of piperidine rings is 1.